The molecule has 124 valence electrons. The summed E-state index contributed by atoms with van der Waals surface area (Å²) in [4.78, 5) is 34.6. The SMILES string of the molecule is CC(C)(C)OC(=O)NCCC(=O)Nc1ccc2c(c1)CC(=O)N2. The van der Waals surface area contributed by atoms with E-state index in [0.717, 1.165) is 11.3 Å². The van der Waals surface area contributed by atoms with Crippen LogP contribution in [0.2, 0.25) is 0 Å². The molecular formula is C16H21N3O4. The maximum atomic E-state index is 11.9. The van der Waals surface area contributed by atoms with E-state index in [9.17, 15) is 14.4 Å². The van der Waals surface area contributed by atoms with Gasteiger partial charge in [-0.05, 0) is 44.5 Å². The van der Waals surface area contributed by atoms with Gasteiger partial charge in [0.2, 0.25) is 11.8 Å². The van der Waals surface area contributed by atoms with Gasteiger partial charge in [-0.2, -0.15) is 0 Å². The van der Waals surface area contributed by atoms with E-state index in [4.69, 9.17) is 4.74 Å². The summed E-state index contributed by atoms with van der Waals surface area (Å²) >= 11 is 0. The number of rotatable bonds is 4. The third-order valence-electron chi connectivity index (χ3n) is 3.03. The number of alkyl carbamates (subject to hydrolysis) is 1. The van der Waals surface area contributed by atoms with Crippen molar-refractivity contribution in [2.24, 2.45) is 0 Å². The van der Waals surface area contributed by atoms with Crippen LogP contribution in [-0.4, -0.2) is 30.1 Å². The molecule has 1 aromatic rings. The summed E-state index contributed by atoms with van der Waals surface area (Å²) in [5, 5.41) is 8.00. The van der Waals surface area contributed by atoms with E-state index in [1.165, 1.54) is 0 Å². The monoisotopic (exact) mass is 319 g/mol. The molecule has 1 aliphatic rings. The number of amides is 3. The van der Waals surface area contributed by atoms with Gasteiger partial charge in [-0.25, -0.2) is 4.79 Å². The summed E-state index contributed by atoms with van der Waals surface area (Å²) < 4.78 is 5.08. The fourth-order valence-corrected chi connectivity index (χ4v) is 2.12. The number of benzene rings is 1. The zero-order chi connectivity index (χ0) is 17.0. The highest BCUT2D eigenvalue weighted by molar-refractivity contribution is 6.00. The molecule has 0 atom stereocenters. The van der Waals surface area contributed by atoms with Gasteiger partial charge in [0.15, 0.2) is 0 Å². The maximum absolute atomic E-state index is 11.9. The first-order chi connectivity index (χ1) is 10.7. The Bertz CT molecular complexity index is 635. The molecule has 23 heavy (non-hydrogen) atoms. The number of hydrogen-bond acceptors (Lipinski definition) is 4. The Morgan fingerprint density at radius 3 is 2.74 bits per heavy atom. The number of ether oxygens (including phenoxy) is 1. The molecule has 0 spiro atoms. The first kappa shape index (κ1) is 16.8. The van der Waals surface area contributed by atoms with Gasteiger partial charge in [-0.15, -0.1) is 0 Å². The van der Waals surface area contributed by atoms with E-state index in [0.29, 0.717) is 12.1 Å². The van der Waals surface area contributed by atoms with Crippen molar-refractivity contribution in [3.05, 3.63) is 23.8 Å². The van der Waals surface area contributed by atoms with E-state index in [1.807, 2.05) is 0 Å². The van der Waals surface area contributed by atoms with Gasteiger partial charge < -0.3 is 20.7 Å². The molecule has 2 rings (SSSR count). The zero-order valence-corrected chi connectivity index (χ0v) is 13.5. The topological polar surface area (TPSA) is 96.5 Å². The summed E-state index contributed by atoms with van der Waals surface area (Å²) in [6.45, 7) is 5.50. The molecule has 0 aromatic heterocycles. The van der Waals surface area contributed by atoms with E-state index < -0.39 is 11.7 Å². The third-order valence-corrected chi connectivity index (χ3v) is 3.03. The van der Waals surface area contributed by atoms with E-state index in [1.54, 1.807) is 39.0 Å². The van der Waals surface area contributed by atoms with Crippen molar-refractivity contribution in [2.75, 3.05) is 17.2 Å². The number of nitrogens with one attached hydrogen (secondary N) is 3. The average Bonchev–Trinajstić information content (AvgIpc) is 2.75. The fraction of sp³-hybridized carbons (Fsp3) is 0.438. The normalized spacial score (nSPS) is 13.1. The molecular weight excluding hydrogens is 298 g/mol. The van der Waals surface area contributed by atoms with Crippen molar-refractivity contribution < 1.29 is 19.1 Å². The molecule has 0 aliphatic carbocycles. The minimum atomic E-state index is -0.567. The second-order valence-electron chi connectivity index (χ2n) is 6.32. The lowest BCUT2D eigenvalue weighted by molar-refractivity contribution is -0.116. The van der Waals surface area contributed by atoms with Gasteiger partial charge in [0.25, 0.3) is 0 Å². The zero-order valence-electron chi connectivity index (χ0n) is 13.5. The molecule has 3 N–H and O–H groups in total. The Kier molecular flexibility index (Phi) is 4.88. The van der Waals surface area contributed by atoms with Crippen LogP contribution in [0.25, 0.3) is 0 Å². The standard InChI is InChI=1S/C16H21N3O4/c1-16(2,3)23-15(22)17-7-6-13(20)18-11-4-5-12-10(8-11)9-14(21)19-12/h4-5,8H,6-7,9H2,1-3H3,(H,17,22)(H,18,20)(H,19,21). The highest BCUT2D eigenvalue weighted by Gasteiger charge is 2.18. The summed E-state index contributed by atoms with van der Waals surface area (Å²) in [5.41, 5.74) is 1.70. The number of anilines is 2. The summed E-state index contributed by atoms with van der Waals surface area (Å²) in [6, 6.07) is 5.25. The maximum Gasteiger partial charge on any atom is 0.407 e. The number of carbonyl (C=O) groups excluding carboxylic acids is 3. The lowest BCUT2D eigenvalue weighted by Gasteiger charge is -2.19. The number of carbonyl (C=O) groups is 3. The van der Waals surface area contributed by atoms with Crippen LogP contribution in [0.1, 0.15) is 32.8 Å². The lowest BCUT2D eigenvalue weighted by Crippen LogP contribution is -2.34. The Labute approximate surface area is 134 Å². The third kappa shape index (κ3) is 5.28. The average molecular weight is 319 g/mol. The van der Waals surface area contributed by atoms with Gasteiger partial charge in [0.1, 0.15) is 5.60 Å². The van der Waals surface area contributed by atoms with Crippen molar-refractivity contribution in [1.82, 2.24) is 5.32 Å². The van der Waals surface area contributed by atoms with Crippen LogP contribution in [0.4, 0.5) is 16.2 Å². The quantitative estimate of drug-likeness (QED) is 0.791. The molecule has 0 bridgehead atoms. The largest absolute Gasteiger partial charge is 0.444 e. The van der Waals surface area contributed by atoms with E-state index >= 15 is 0 Å². The van der Waals surface area contributed by atoms with Gasteiger partial charge in [0.05, 0.1) is 6.42 Å². The molecule has 0 radical (unpaired) electrons. The van der Waals surface area contributed by atoms with Crippen LogP contribution in [0.3, 0.4) is 0 Å². The second kappa shape index (κ2) is 6.68. The van der Waals surface area contributed by atoms with Crippen molar-refractivity contribution in [3.63, 3.8) is 0 Å². The highest BCUT2D eigenvalue weighted by Crippen LogP contribution is 2.25. The Hall–Kier alpha value is -2.57. The fourth-order valence-electron chi connectivity index (χ4n) is 2.12. The molecule has 3 amide bonds. The van der Waals surface area contributed by atoms with Gasteiger partial charge in [0, 0.05) is 24.3 Å². The van der Waals surface area contributed by atoms with Gasteiger partial charge in [-0.3, -0.25) is 9.59 Å². The Balaban J connectivity index is 1.76. The smallest absolute Gasteiger partial charge is 0.407 e. The van der Waals surface area contributed by atoms with Crippen LogP contribution in [-0.2, 0) is 20.7 Å². The molecule has 1 heterocycles. The summed E-state index contributed by atoms with van der Waals surface area (Å²) in [7, 11) is 0. The molecule has 1 aromatic carbocycles. The Morgan fingerprint density at radius 2 is 2.04 bits per heavy atom. The van der Waals surface area contributed by atoms with Crippen LogP contribution in [0, 0.1) is 0 Å². The molecule has 0 unspecified atom stereocenters. The van der Waals surface area contributed by atoms with Crippen molar-refractivity contribution >= 4 is 29.3 Å². The van der Waals surface area contributed by atoms with Crippen LogP contribution >= 0.6 is 0 Å². The summed E-state index contributed by atoms with van der Waals surface area (Å²) in [5.74, 6) is -0.275. The Morgan fingerprint density at radius 1 is 1.30 bits per heavy atom. The van der Waals surface area contributed by atoms with E-state index in [-0.39, 0.29) is 24.8 Å². The number of hydrogen-bond donors (Lipinski definition) is 3. The van der Waals surface area contributed by atoms with Crippen molar-refractivity contribution in [2.45, 2.75) is 39.2 Å². The molecule has 1 aliphatic heterocycles. The first-order valence-corrected chi connectivity index (χ1v) is 7.42. The highest BCUT2D eigenvalue weighted by atomic mass is 16.6. The van der Waals surface area contributed by atoms with Crippen molar-refractivity contribution in [3.8, 4) is 0 Å². The first-order valence-electron chi connectivity index (χ1n) is 7.42. The predicted octanol–water partition coefficient (Wildman–Crippen LogP) is 2.03. The summed E-state index contributed by atoms with van der Waals surface area (Å²) in [6.07, 6.45) is -0.0975. The van der Waals surface area contributed by atoms with Crippen molar-refractivity contribution in [1.29, 1.82) is 0 Å². The van der Waals surface area contributed by atoms with Crippen LogP contribution in [0.5, 0.6) is 0 Å². The molecule has 0 fully saturated rings. The van der Waals surface area contributed by atoms with Gasteiger partial charge in [-0.1, -0.05) is 0 Å². The predicted molar refractivity (Wildman–Crippen MR) is 86.3 cm³/mol. The van der Waals surface area contributed by atoms with Crippen LogP contribution in [0.15, 0.2) is 18.2 Å². The van der Waals surface area contributed by atoms with E-state index in [2.05, 4.69) is 16.0 Å². The molecule has 0 saturated carbocycles. The van der Waals surface area contributed by atoms with Crippen LogP contribution < -0.4 is 16.0 Å². The van der Waals surface area contributed by atoms with Gasteiger partial charge >= 0.3 is 6.09 Å². The minimum Gasteiger partial charge on any atom is -0.444 e. The molecule has 7 heteroatoms. The molecule has 7 nitrogen and oxygen atoms in total. The minimum absolute atomic E-state index is 0.0509. The number of fused-ring (bicyclic) bond motifs is 1. The lowest BCUT2D eigenvalue weighted by atomic mass is 10.1. The molecule has 0 saturated heterocycles. The second-order valence-corrected chi connectivity index (χ2v) is 6.32.